The minimum atomic E-state index is -0.254. The van der Waals surface area contributed by atoms with Gasteiger partial charge in [-0.05, 0) is 33.8 Å². The van der Waals surface area contributed by atoms with Gasteiger partial charge < -0.3 is 15.0 Å². The number of nitrogens with zero attached hydrogens (tertiary/aromatic N) is 3. The maximum atomic E-state index is 10.6. The average Bonchev–Trinajstić information content (AvgIpc) is 2.85. The second-order valence-corrected chi connectivity index (χ2v) is 6.15. The first-order valence-corrected chi connectivity index (χ1v) is 7.04. The predicted octanol–water partition coefficient (Wildman–Crippen LogP) is 1.74. The summed E-state index contributed by atoms with van der Waals surface area (Å²) in [5, 5.41) is 3.29. The molecule has 0 radical (unpaired) electrons. The molecule has 1 aliphatic rings. The van der Waals surface area contributed by atoms with Crippen LogP contribution in [0.4, 0.5) is 5.95 Å². The fraction of sp³-hybridized carbons (Fsp3) is 0.533. The zero-order chi connectivity index (χ0) is 15.5. The third-order valence-corrected chi connectivity index (χ3v) is 3.06. The van der Waals surface area contributed by atoms with Gasteiger partial charge in [-0.2, -0.15) is 0 Å². The van der Waals surface area contributed by atoms with Gasteiger partial charge in [0.15, 0.2) is 12.2 Å². The van der Waals surface area contributed by atoms with Crippen molar-refractivity contribution in [1.82, 2.24) is 15.3 Å². The summed E-state index contributed by atoms with van der Waals surface area (Å²) in [6.45, 7) is 11.5. The molecule has 0 spiro atoms. The lowest BCUT2D eigenvalue weighted by atomic mass is 10.2. The molecule has 1 aromatic heterocycles. The number of anilines is 1. The molecule has 2 heterocycles. The lowest BCUT2D eigenvalue weighted by Crippen LogP contribution is -2.35. The van der Waals surface area contributed by atoms with Crippen LogP contribution in [0.3, 0.4) is 0 Å². The third kappa shape index (κ3) is 4.44. The van der Waals surface area contributed by atoms with E-state index in [2.05, 4.69) is 26.8 Å². The first-order chi connectivity index (χ1) is 9.87. The van der Waals surface area contributed by atoms with Gasteiger partial charge in [-0.1, -0.05) is 0 Å². The summed E-state index contributed by atoms with van der Waals surface area (Å²) in [7, 11) is 0. The SMILES string of the molecule is C=C(N[C@@H]1CCN(c2ncc(C=O)cn2)C1)OC(C)(C)C. The first kappa shape index (κ1) is 15.3. The summed E-state index contributed by atoms with van der Waals surface area (Å²) in [4.78, 5) is 21.1. The molecule has 0 aromatic carbocycles. The molecular formula is C15H22N4O2. The van der Waals surface area contributed by atoms with E-state index in [-0.39, 0.29) is 11.6 Å². The summed E-state index contributed by atoms with van der Waals surface area (Å²) in [5.74, 6) is 1.24. The Hall–Kier alpha value is -2.11. The van der Waals surface area contributed by atoms with Gasteiger partial charge in [0.25, 0.3) is 0 Å². The molecule has 6 nitrogen and oxygen atoms in total. The first-order valence-electron chi connectivity index (χ1n) is 7.04. The van der Waals surface area contributed by atoms with Crippen LogP contribution in [0, 0.1) is 0 Å². The summed E-state index contributed by atoms with van der Waals surface area (Å²) in [5.41, 5.74) is 0.232. The van der Waals surface area contributed by atoms with E-state index in [0.717, 1.165) is 25.8 Å². The highest BCUT2D eigenvalue weighted by Gasteiger charge is 2.25. The Morgan fingerprint density at radius 2 is 2.14 bits per heavy atom. The molecule has 1 aromatic rings. The van der Waals surface area contributed by atoms with Gasteiger partial charge in [-0.15, -0.1) is 0 Å². The van der Waals surface area contributed by atoms with E-state index in [0.29, 0.717) is 17.4 Å². The van der Waals surface area contributed by atoms with Gasteiger partial charge >= 0.3 is 0 Å². The van der Waals surface area contributed by atoms with Crippen molar-refractivity contribution in [3.8, 4) is 0 Å². The Kier molecular flexibility index (Phi) is 4.45. The van der Waals surface area contributed by atoms with Gasteiger partial charge in [-0.3, -0.25) is 4.79 Å². The van der Waals surface area contributed by atoms with Crippen LogP contribution in [0.25, 0.3) is 0 Å². The molecule has 1 atom stereocenters. The Morgan fingerprint density at radius 3 is 2.71 bits per heavy atom. The second kappa shape index (κ2) is 6.11. The summed E-state index contributed by atoms with van der Waals surface area (Å²) >= 11 is 0. The normalized spacial score (nSPS) is 18.4. The van der Waals surface area contributed by atoms with Crippen molar-refractivity contribution in [2.24, 2.45) is 0 Å². The highest BCUT2D eigenvalue weighted by molar-refractivity contribution is 5.73. The molecule has 2 rings (SSSR count). The largest absolute Gasteiger partial charge is 0.474 e. The van der Waals surface area contributed by atoms with Crippen LogP contribution in [-0.2, 0) is 4.74 Å². The summed E-state index contributed by atoms with van der Waals surface area (Å²) in [6.07, 6.45) is 4.78. The van der Waals surface area contributed by atoms with E-state index in [4.69, 9.17) is 4.74 Å². The Bertz CT molecular complexity index is 507. The minimum absolute atomic E-state index is 0.254. The number of aromatic nitrogens is 2. The Labute approximate surface area is 125 Å². The molecule has 1 saturated heterocycles. The molecule has 0 amide bonds. The quantitative estimate of drug-likeness (QED) is 0.658. The number of ether oxygens (including phenoxy) is 1. The molecule has 114 valence electrons. The molecule has 0 unspecified atom stereocenters. The van der Waals surface area contributed by atoms with Crippen LogP contribution in [0.2, 0.25) is 0 Å². The number of hydrogen-bond donors (Lipinski definition) is 1. The minimum Gasteiger partial charge on any atom is -0.474 e. The van der Waals surface area contributed by atoms with Crippen molar-refractivity contribution >= 4 is 12.2 Å². The Balaban J connectivity index is 1.88. The van der Waals surface area contributed by atoms with Gasteiger partial charge in [-0.25, -0.2) is 9.97 Å². The van der Waals surface area contributed by atoms with E-state index >= 15 is 0 Å². The van der Waals surface area contributed by atoms with E-state index < -0.39 is 0 Å². The van der Waals surface area contributed by atoms with Crippen LogP contribution in [-0.4, -0.2) is 41.0 Å². The fourth-order valence-electron chi connectivity index (χ4n) is 2.24. The van der Waals surface area contributed by atoms with Crippen LogP contribution in [0.15, 0.2) is 24.9 Å². The van der Waals surface area contributed by atoms with Crippen molar-refractivity contribution in [3.63, 3.8) is 0 Å². The zero-order valence-electron chi connectivity index (χ0n) is 12.8. The van der Waals surface area contributed by atoms with Gasteiger partial charge in [0.05, 0.1) is 5.56 Å². The molecule has 6 heteroatoms. The van der Waals surface area contributed by atoms with Crippen LogP contribution in [0.1, 0.15) is 37.6 Å². The topological polar surface area (TPSA) is 67.4 Å². The van der Waals surface area contributed by atoms with Crippen LogP contribution < -0.4 is 10.2 Å². The maximum absolute atomic E-state index is 10.6. The Morgan fingerprint density at radius 1 is 1.48 bits per heavy atom. The number of carbonyl (C=O) groups excluding carboxylic acids is 1. The second-order valence-electron chi connectivity index (χ2n) is 6.15. The monoisotopic (exact) mass is 290 g/mol. The number of hydrogen-bond acceptors (Lipinski definition) is 6. The number of carbonyl (C=O) groups is 1. The van der Waals surface area contributed by atoms with Gasteiger partial charge in [0, 0.05) is 31.5 Å². The maximum Gasteiger partial charge on any atom is 0.225 e. The van der Waals surface area contributed by atoms with E-state index in [1.54, 1.807) is 0 Å². The molecule has 21 heavy (non-hydrogen) atoms. The third-order valence-electron chi connectivity index (χ3n) is 3.06. The average molecular weight is 290 g/mol. The highest BCUT2D eigenvalue weighted by atomic mass is 16.5. The molecule has 1 N–H and O–H groups in total. The summed E-state index contributed by atoms with van der Waals surface area (Å²) in [6, 6.07) is 0.259. The molecular weight excluding hydrogens is 268 g/mol. The fourth-order valence-corrected chi connectivity index (χ4v) is 2.24. The van der Waals surface area contributed by atoms with Crippen molar-refractivity contribution < 1.29 is 9.53 Å². The van der Waals surface area contributed by atoms with Crippen LogP contribution in [0.5, 0.6) is 0 Å². The standard InChI is InChI=1S/C15H22N4O2/c1-11(21-15(2,3)4)18-13-5-6-19(9-13)14-16-7-12(10-20)8-17-14/h7-8,10,13,18H,1,5-6,9H2,2-4H3/t13-/m1/s1. The van der Waals surface area contributed by atoms with E-state index in [9.17, 15) is 4.79 Å². The van der Waals surface area contributed by atoms with Crippen molar-refractivity contribution in [3.05, 3.63) is 30.4 Å². The smallest absolute Gasteiger partial charge is 0.225 e. The van der Waals surface area contributed by atoms with E-state index in [1.165, 1.54) is 12.4 Å². The molecule has 0 saturated carbocycles. The highest BCUT2D eigenvalue weighted by Crippen LogP contribution is 2.18. The van der Waals surface area contributed by atoms with Crippen molar-refractivity contribution in [2.45, 2.75) is 38.8 Å². The van der Waals surface area contributed by atoms with Crippen molar-refractivity contribution in [2.75, 3.05) is 18.0 Å². The van der Waals surface area contributed by atoms with Crippen LogP contribution >= 0.6 is 0 Å². The van der Waals surface area contributed by atoms with E-state index in [1.807, 2.05) is 20.8 Å². The summed E-state index contributed by atoms with van der Waals surface area (Å²) < 4.78 is 5.68. The van der Waals surface area contributed by atoms with Crippen molar-refractivity contribution in [1.29, 1.82) is 0 Å². The zero-order valence-corrected chi connectivity index (χ0v) is 12.8. The number of rotatable bonds is 5. The molecule has 0 aliphatic carbocycles. The lowest BCUT2D eigenvalue weighted by molar-refractivity contribution is 0.0390. The predicted molar refractivity (Wildman–Crippen MR) is 81.2 cm³/mol. The molecule has 1 fully saturated rings. The number of aldehydes is 1. The van der Waals surface area contributed by atoms with Gasteiger partial charge in [0.1, 0.15) is 5.60 Å². The van der Waals surface area contributed by atoms with Gasteiger partial charge in [0.2, 0.25) is 5.95 Å². The lowest BCUT2D eigenvalue weighted by Gasteiger charge is -2.25. The molecule has 0 bridgehead atoms. The molecule has 1 aliphatic heterocycles. The number of nitrogens with one attached hydrogen (secondary N) is 1.